The van der Waals surface area contributed by atoms with Gasteiger partial charge in [-0.1, -0.05) is 0 Å². The first-order chi connectivity index (χ1) is 3.98. The van der Waals surface area contributed by atoms with E-state index in [2.05, 4.69) is 8.37 Å². The number of hydrogen-bond acceptors (Lipinski definition) is 5. The first-order valence-corrected chi connectivity index (χ1v) is 3.80. The second-order valence-electron chi connectivity index (χ2n) is 1.72. The molecule has 0 spiro atoms. The average molecular weight is 171 g/mol. The highest BCUT2D eigenvalue weighted by molar-refractivity contribution is 7.81. The van der Waals surface area contributed by atoms with E-state index >= 15 is 0 Å². The summed E-state index contributed by atoms with van der Waals surface area (Å²) in [5.41, 5.74) is 0. The second-order valence-corrected chi connectivity index (χ2v) is 3.06. The van der Waals surface area contributed by atoms with Crippen LogP contribution in [0, 0.1) is 0 Å². The molecule has 0 fully saturated rings. The smallest absolute Gasteiger partial charge is 0.344 e. The van der Waals surface area contributed by atoms with Crippen LogP contribution in [0.25, 0.3) is 0 Å². The van der Waals surface area contributed by atoms with E-state index in [4.69, 9.17) is 0 Å². The SMILES string of the molecule is COS(=O)(=O)OC(C)C.N. The summed E-state index contributed by atoms with van der Waals surface area (Å²) in [5, 5.41) is 0. The third-order valence-corrected chi connectivity index (χ3v) is 1.54. The molecule has 0 radical (unpaired) electrons. The molecule has 64 valence electrons. The molecule has 10 heavy (non-hydrogen) atoms. The fraction of sp³-hybridized carbons (Fsp3) is 1.00. The van der Waals surface area contributed by atoms with Crippen molar-refractivity contribution in [2.45, 2.75) is 20.0 Å². The minimum absolute atomic E-state index is 0. The fourth-order valence-electron chi connectivity index (χ4n) is 0.275. The Morgan fingerprint density at radius 2 is 1.70 bits per heavy atom. The Hall–Kier alpha value is -0.170. The van der Waals surface area contributed by atoms with Crippen molar-refractivity contribution in [3.63, 3.8) is 0 Å². The molecule has 0 unspecified atom stereocenters. The molecule has 0 bridgehead atoms. The van der Waals surface area contributed by atoms with Gasteiger partial charge in [0.15, 0.2) is 0 Å². The molecule has 0 amide bonds. The van der Waals surface area contributed by atoms with E-state index in [1.54, 1.807) is 13.8 Å². The molecule has 0 aliphatic rings. The molecule has 5 nitrogen and oxygen atoms in total. The minimum Gasteiger partial charge on any atom is -0.344 e. The van der Waals surface area contributed by atoms with Gasteiger partial charge in [-0.15, -0.1) is 0 Å². The molecule has 0 rings (SSSR count). The van der Waals surface area contributed by atoms with Gasteiger partial charge in [0.25, 0.3) is 0 Å². The maximum absolute atomic E-state index is 10.4. The summed E-state index contributed by atoms with van der Waals surface area (Å²) < 4.78 is 29.1. The van der Waals surface area contributed by atoms with Crippen LogP contribution < -0.4 is 6.15 Å². The zero-order chi connectivity index (χ0) is 7.49. The largest absolute Gasteiger partial charge is 0.399 e. The van der Waals surface area contributed by atoms with Crippen molar-refractivity contribution in [2.24, 2.45) is 0 Å². The van der Waals surface area contributed by atoms with Gasteiger partial charge in [-0.25, -0.2) is 4.18 Å². The van der Waals surface area contributed by atoms with Gasteiger partial charge in [-0.2, -0.15) is 8.42 Å². The molecule has 0 aromatic heterocycles. The van der Waals surface area contributed by atoms with E-state index in [1.807, 2.05) is 0 Å². The molecule has 0 aromatic carbocycles. The summed E-state index contributed by atoms with van der Waals surface area (Å²) >= 11 is 0. The quantitative estimate of drug-likeness (QED) is 0.666. The number of hydrogen-bond donors (Lipinski definition) is 1. The Bertz CT molecular complexity index is 162. The van der Waals surface area contributed by atoms with Crippen molar-refractivity contribution < 1.29 is 16.8 Å². The standard InChI is InChI=1S/C4H10O4S.H3N/c1-4(2)8-9(5,6)7-3;/h4H,1-3H3;1H3. The van der Waals surface area contributed by atoms with Crippen LogP contribution in [0.1, 0.15) is 13.8 Å². The average Bonchev–Trinajstić information content (AvgIpc) is 1.63. The lowest BCUT2D eigenvalue weighted by Gasteiger charge is -2.03. The first kappa shape index (κ1) is 12.5. The van der Waals surface area contributed by atoms with E-state index in [-0.39, 0.29) is 12.3 Å². The zero-order valence-electron chi connectivity index (χ0n) is 6.33. The van der Waals surface area contributed by atoms with E-state index in [0.29, 0.717) is 0 Å². The van der Waals surface area contributed by atoms with Gasteiger partial charge in [0, 0.05) is 0 Å². The van der Waals surface area contributed by atoms with Crippen molar-refractivity contribution in [2.75, 3.05) is 7.11 Å². The first-order valence-electron chi connectivity index (χ1n) is 2.47. The third kappa shape index (κ3) is 5.96. The van der Waals surface area contributed by atoms with Crippen molar-refractivity contribution in [1.82, 2.24) is 6.15 Å². The summed E-state index contributed by atoms with van der Waals surface area (Å²) in [7, 11) is -2.67. The lowest BCUT2D eigenvalue weighted by atomic mass is 10.5. The molecular formula is C4H13NO4S. The highest BCUT2D eigenvalue weighted by atomic mass is 32.3. The monoisotopic (exact) mass is 171 g/mol. The second kappa shape index (κ2) is 4.62. The summed E-state index contributed by atoms with van der Waals surface area (Å²) in [6, 6.07) is 0. The van der Waals surface area contributed by atoms with Crippen molar-refractivity contribution in [3.05, 3.63) is 0 Å². The van der Waals surface area contributed by atoms with Crippen LogP contribution in [0.2, 0.25) is 0 Å². The van der Waals surface area contributed by atoms with Crippen LogP contribution in [0.4, 0.5) is 0 Å². The zero-order valence-corrected chi connectivity index (χ0v) is 7.14. The predicted molar refractivity (Wildman–Crippen MR) is 37.2 cm³/mol. The van der Waals surface area contributed by atoms with Crippen molar-refractivity contribution >= 4 is 10.4 Å². The summed E-state index contributed by atoms with van der Waals surface area (Å²) in [5.74, 6) is 0. The third-order valence-electron chi connectivity index (χ3n) is 0.514. The molecule has 0 aromatic rings. The van der Waals surface area contributed by atoms with E-state index in [9.17, 15) is 8.42 Å². The van der Waals surface area contributed by atoms with Gasteiger partial charge in [0.05, 0.1) is 13.2 Å². The molecule has 0 saturated heterocycles. The van der Waals surface area contributed by atoms with Crippen LogP contribution in [0.15, 0.2) is 0 Å². The van der Waals surface area contributed by atoms with E-state index in [1.165, 1.54) is 0 Å². The summed E-state index contributed by atoms with van der Waals surface area (Å²) in [4.78, 5) is 0. The van der Waals surface area contributed by atoms with Crippen LogP contribution in [-0.4, -0.2) is 21.6 Å². The number of rotatable bonds is 3. The Morgan fingerprint density at radius 3 is 1.80 bits per heavy atom. The maximum Gasteiger partial charge on any atom is 0.399 e. The van der Waals surface area contributed by atoms with Crippen LogP contribution >= 0.6 is 0 Å². The Kier molecular flexibility index (Phi) is 5.77. The fourth-order valence-corrected chi connectivity index (χ4v) is 0.825. The molecule has 0 atom stereocenters. The minimum atomic E-state index is -3.72. The Balaban J connectivity index is 0. The van der Waals surface area contributed by atoms with Gasteiger partial charge >= 0.3 is 10.4 Å². The molecule has 0 aliphatic carbocycles. The highest BCUT2D eigenvalue weighted by Gasteiger charge is 2.10. The molecule has 0 heterocycles. The lowest BCUT2D eigenvalue weighted by molar-refractivity contribution is 0.197. The van der Waals surface area contributed by atoms with Crippen LogP contribution in [0.3, 0.4) is 0 Å². The van der Waals surface area contributed by atoms with Crippen molar-refractivity contribution in [1.29, 1.82) is 0 Å². The molecule has 0 saturated carbocycles. The van der Waals surface area contributed by atoms with Crippen LogP contribution in [-0.2, 0) is 18.8 Å². The van der Waals surface area contributed by atoms with Crippen molar-refractivity contribution in [3.8, 4) is 0 Å². The lowest BCUT2D eigenvalue weighted by Crippen LogP contribution is -2.12. The normalized spacial score (nSPS) is 11.2. The van der Waals surface area contributed by atoms with Gasteiger partial charge in [-0.05, 0) is 13.8 Å². The molecule has 6 heteroatoms. The Labute approximate surface area is 61.2 Å². The highest BCUT2D eigenvalue weighted by Crippen LogP contribution is 1.97. The maximum atomic E-state index is 10.4. The topological polar surface area (TPSA) is 87.6 Å². The van der Waals surface area contributed by atoms with E-state index in [0.717, 1.165) is 7.11 Å². The van der Waals surface area contributed by atoms with Gasteiger partial charge in [0.2, 0.25) is 0 Å². The molecule has 0 aliphatic heterocycles. The van der Waals surface area contributed by atoms with E-state index < -0.39 is 10.4 Å². The summed E-state index contributed by atoms with van der Waals surface area (Å²) in [6.07, 6.45) is -0.366. The predicted octanol–water partition coefficient (Wildman–Crippen LogP) is 0.465. The Morgan fingerprint density at radius 1 is 1.30 bits per heavy atom. The molecule has 3 N–H and O–H groups in total. The summed E-state index contributed by atoms with van der Waals surface area (Å²) in [6.45, 7) is 3.22. The van der Waals surface area contributed by atoms with Gasteiger partial charge in [-0.3, -0.25) is 4.18 Å². The van der Waals surface area contributed by atoms with Gasteiger partial charge < -0.3 is 6.15 Å². The molecular weight excluding hydrogens is 158 g/mol. The van der Waals surface area contributed by atoms with Gasteiger partial charge in [0.1, 0.15) is 0 Å². The van der Waals surface area contributed by atoms with Crippen LogP contribution in [0.5, 0.6) is 0 Å².